The Balaban J connectivity index is 1.43. The van der Waals surface area contributed by atoms with Crippen molar-refractivity contribution in [1.29, 1.82) is 0 Å². The summed E-state index contributed by atoms with van der Waals surface area (Å²) < 4.78 is 36.4. The van der Waals surface area contributed by atoms with Crippen molar-refractivity contribution >= 4 is 17.3 Å². The quantitative estimate of drug-likeness (QED) is 0.482. The van der Waals surface area contributed by atoms with E-state index in [0.717, 1.165) is 30.6 Å². The number of rotatable bonds is 5. The summed E-state index contributed by atoms with van der Waals surface area (Å²) in [6, 6.07) is 1.80. The van der Waals surface area contributed by atoms with Gasteiger partial charge in [0, 0.05) is 30.1 Å². The molecule has 4 aromatic rings. The van der Waals surface area contributed by atoms with Crippen molar-refractivity contribution in [1.82, 2.24) is 29.5 Å². The Labute approximate surface area is 187 Å². The number of nitrogens with two attached hydrogens (primary N) is 1. The van der Waals surface area contributed by atoms with E-state index in [4.69, 9.17) is 15.1 Å². The van der Waals surface area contributed by atoms with E-state index in [-0.39, 0.29) is 17.7 Å². The zero-order valence-corrected chi connectivity index (χ0v) is 18.1. The lowest BCUT2D eigenvalue weighted by atomic mass is 9.97. The first-order valence-electron chi connectivity index (χ1n) is 10.5. The molecule has 33 heavy (non-hydrogen) atoms. The number of oxazole rings is 1. The molecule has 0 radical (unpaired) electrons. The van der Waals surface area contributed by atoms with E-state index < -0.39 is 6.61 Å². The number of halogens is 2. The summed E-state index contributed by atoms with van der Waals surface area (Å²) in [6.07, 6.45) is 6.41. The molecule has 5 rings (SSSR count). The summed E-state index contributed by atoms with van der Waals surface area (Å²) in [6.45, 7) is 2.15. The maximum Gasteiger partial charge on any atom is 0.388 e. The fourth-order valence-electron chi connectivity index (χ4n) is 4.15. The molecular weight excluding hydrogens is 434 g/mol. The van der Waals surface area contributed by atoms with Gasteiger partial charge in [-0.15, -0.1) is 5.10 Å². The van der Waals surface area contributed by atoms with Gasteiger partial charge in [0.2, 0.25) is 17.7 Å². The number of nitrogen functional groups attached to an aromatic ring is 1. The Morgan fingerprint density at radius 2 is 2.09 bits per heavy atom. The van der Waals surface area contributed by atoms with Crippen LogP contribution in [0.15, 0.2) is 29.1 Å². The van der Waals surface area contributed by atoms with E-state index in [1.165, 1.54) is 10.8 Å². The molecule has 10 nitrogen and oxygen atoms in total. The third-order valence-corrected chi connectivity index (χ3v) is 5.76. The average Bonchev–Trinajstić information content (AvgIpc) is 3.48. The average molecular weight is 456 g/mol. The molecule has 4 aromatic heterocycles. The number of hydrogen-bond donors (Lipinski definition) is 1. The topological polar surface area (TPSA) is 120 Å². The number of hydrogen-bond acceptors (Lipinski definition) is 9. The Bertz CT molecular complexity index is 1290. The summed E-state index contributed by atoms with van der Waals surface area (Å²) >= 11 is 0. The molecule has 0 spiro atoms. The third kappa shape index (κ3) is 3.92. The summed E-state index contributed by atoms with van der Waals surface area (Å²) in [5.74, 6) is 1.23. The van der Waals surface area contributed by atoms with E-state index in [9.17, 15) is 8.78 Å². The second kappa shape index (κ2) is 8.26. The van der Waals surface area contributed by atoms with Crippen LogP contribution in [0.2, 0.25) is 0 Å². The fraction of sp³-hybridized carbons (Fsp3) is 0.381. The van der Waals surface area contributed by atoms with Crippen molar-refractivity contribution < 1.29 is 17.9 Å². The van der Waals surface area contributed by atoms with Gasteiger partial charge in [0.05, 0.1) is 18.1 Å². The Morgan fingerprint density at radius 1 is 1.24 bits per heavy atom. The van der Waals surface area contributed by atoms with Gasteiger partial charge in [-0.25, -0.2) is 19.9 Å². The summed E-state index contributed by atoms with van der Waals surface area (Å²) in [5.41, 5.74) is 9.45. The first-order valence-corrected chi connectivity index (χ1v) is 10.5. The molecule has 172 valence electrons. The maximum atomic E-state index is 12.5. The summed E-state index contributed by atoms with van der Waals surface area (Å²) in [4.78, 5) is 19.6. The van der Waals surface area contributed by atoms with Crippen molar-refractivity contribution in [3.05, 3.63) is 41.7 Å². The van der Waals surface area contributed by atoms with Crippen LogP contribution in [0.5, 0.6) is 5.88 Å². The van der Waals surface area contributed by atoms with Crippen molar-refractivity contribution in [3.8, 4) is 17.5 Å². The monoisotopic (exact) mass is 456 g/mol. The number of aromatic nitrogens is 6. The van der Waals surface area contributed by atoms with Gasteiger partial charge >= 0.3 is 6.61 Å². The number of fused-ring (bicyclic) bond motifs is 1. The minimum Gasteiger partial charge on any atom is -0.443 e. The predicted octanol–water partition coefficient (Wildman–Crippen LogP) is 3.36. The van der Waals surface area contributed by atoms with Gasteiger partial charge in [-0.05, 0) is 32.8 Å². The highest BCUT2D eigenvalue weighted by Gasteiger charge is 2.27. The highest BCUT2D eigenvalue weighted by Crippen LogP contribution is 2.32. The van der Waals surface area contributed by atoms with Gasteiger partial charge in [-0.2, -0.15) is 13.3 Å². The van der Waals surface area contributed by atoms with Crippen molar-refractivity contribution in [2.75, 3.05) is 23.7 Å². The molecule has 0 bridgehead atoms. The van der Waals surface area contributed by atoms with Gasteiger partial charge in [0.15, 0.2) is 11.5 Å². The number of ether oxygens (including phenoxy) is 1. The Kier molecular flexibility index (Phi) is 5.27. The molecule has 1 aliphatic heterocycles. The zero-order chi connectivity index (χ0) is 23.1. The van der Waals surface area contributed by atoms with Crippen LogP contribution in [-0.2, 0) is 0 Å². The Morgan fingerprint density at radius 3 is 2.82 bits per heavy atom. The lowest BCUT2D eigenvalue weighted by molar-refractivity contribution is -0.0533. The molecule has 2 N–H and O–H groups in total. The number of anilines is 2. The molecule has 1 fully saturated rings. The summed E-state index contributed by atoms with van der Waals surface area (Å²) in [5, 5.41) is 4.63. The molecule has 1 saturated heterocycles. The molecule has 12 heteroatoms. The number of pyridine rings is 1. The SMILES string of the molecule is Cc1cc(N2CCC[C@@H](c3nc4c(C)c(-c5ncco5)nc(N)n4n3)C2)cnc1OC(F)F. The maximum absolute atomic E-state index is 12.5. The highest BCUT2D eigenvalue weighted by molar-refractivity contribution is 5.65. The van der Waals surface area contributed by atoms with Crippen LogP contribution in [0.4, 0.5) is 20.4 Å². The minimum absolute atomic E-state index is 0.0555. The Hall–Kier alpha value is -3.83. The molecule has 1 atom stereocenters. The molecule has 5 heterocycles. The van der Waals surface area contributed by atoms with Crippen LogP contribution in [0.3, 0.4) is 0 Å². The van der Waals surface area contributed by atoms with Gasteiger partial charge in [-0.1, -0.05) is 0 Å². The van der Waals surface area contributed by atoms with Gasteiger partial charge in [0.1, 0.15) is 12.0 Å². The van der Waals surface area contributed by atoms with Gasteiger partial charge in [0.25, 0.3) is 0 Å². The lowest BCUT2D eigenvalue weighted by Gasteiger charge is -2.33. The van der Waals surface area contributed by atoms with Crippen molar-refractivity contribution in [2.45, 2.75) is 39.2 Å². The van der Waals surface area contributed by atoms with Gasteiger partial charge in [-0.3, -0.25) is 0 Å². The molecule has 0 saturated carbocycles. The number of nitrogens with zero attached hydrogens (tertiary/aromatic N) is 7. The molecule has 0 amide bonds. The molecule has 0 unspecified atom stereocenters. The first kappa shape index (κ1) is 21.0. The normalized spacial score (nSPS) is 16.6. The number of aryl methyl sites for hydroxylation is 2. The molecule has 1 aliphatic rings. The second-order valence-electron chi connectivity index (χ2n) is 7.97. The van der Waals surface area contributed by atoms with Crippen LogP contribution in [0.25, 0.3) is 17.2 Å². The van der Waals surface area contributed by atoms with Crippen molar-refractivity contribution in [3.63, 3.8) is 0 Å². The zero-order valence-electron chi connectivity index (χ0n) is 18.1. The smallest absolute Gasteiger partial charge is 0.388 e. The predicted molar refractivity (Wildman–Crippen MR) is 115 cm³/mol. The minimum atomic E-state index is -2.91. The first-order chi connectivity index (χ1) is 15.9. The lowest BCUT2D eigenvalue weighted by Crippen LogP contribution is -2.35. The molecule has 0 aromatic carbocycles. The largest absolute Gasteiger partial charge is 0.443 e. The van der Waals surface area contributed by atoms with Gasteiger partial charge < -0.3 is 19.8 Å². The van der Waals surface area contributed by atoms with Crippen molar-refractivity contribution in [2.24, 2.45) is 0 Å². The van der Waals surface area contributed by atoms with Crippen LogP contribution < -0.4 is 15.4 Å². The van der Waals surface area contributed by atoms with Crippen LogP contribution in [0.1, 0.15) is 35.7 Å². The standard InChI is InChI=1S/C21H22F2N8O2/c1-11-8-14(9-26-18(11)33-20(22)23)30-6-3-4-13(10-30)16-28-17-12(2)15(19-25-5-7-32-19)27-21(24)31(17)29-16/h5,7-9,13,20H,3-4,6,10H2,1-2H3,(H2,24,27)/t13-/m1/s1. The highest BCUT2D eigenvalue weighted by atomic mass is 19.3. The second-order valence-corrected chi connectivity index (χ2v) is 7.97. The summed E-state index contributed by atoms with van der Waals surface area (Å²) in [7, 11) is 0. The number of piperidine rings is 1. The van der Waals surface area contributed by atoms with Crippen LogP contribution >= 0.6 is 0 Å². The van der Waals surface area contributed by atoms with Crippen LogP contribution in [-0.4, -0.2) is 49.3 Å². The third-order valence-electron chi connectivity index (χ3n) is 5.76. The van der Waals surface area contributed by atoms with E-state index in [2.05, 4.69) is 29.7 Å². The van der Waals surface area contributed by atoms with E-state index in [1.807, 2.05) is 6.92 Å². The fourth-order valence-corrected chi connectivity index (χ4v) is 4.15. The molecular formula is C21H22F2N8O2. The van der Waals surface area contributed by atoms with E-state index in [0.29, 0.717) is 35.2 Å². The van der Waals surface area contributed by atoms with E-state index in [1.54, 1.807) is 25.4 Å². The van der Waals surface area contributed by atoms with Crippen LogP contribution in [0, 0.1) is 13.8 Å². The number of alkyl halides is 2. The van der Waals surface area contributed by atoms with E-state index >= 15 is 0 Å². The molecule has 0 aliphatic carbocycles.